The van der Waals surface area contributed by atoms with E-state index in [0.29, 0.717) is 5.41 Å². The standard InChI is InChI=1S/C12H20/c1-10-6-5-9-12(11(10)2)7-3-4-8-12/h5-6,10-11H,3-4,7-9H2,1-2H3. The van der Waals surface area contributed by atoms with Crippen molar-refractivity contribution in [2.45, 2.75) is 46.0 Å². The number of rotatable bonds is 0. The van der Waals surface area contributed by atoms with E-state index in [2.05, 4.69) is 26.0 Å². The van der Waals surface area contributed by atoms with Crippen LogP contribution in [0.1, 0.15) is 46.0 Å². The average Bonchev–Trinajstić information content (AvgIpc) is 2.50. The van der Waals surface area contributed by atoms with E-state index in [0.717, 1.165) is 11.8 Å². The van der Waals surface area contributed by atoms with Crippen LogP contribution in [0.25, 0.3) is 0 Å². The van der Waals surface area contributed by atoms with Crippen LogP contribution in [0, 0.1) is 17.3 Å². The van der Waals surface area contributed by atoms with Crippen molar-refractivity contribution in [3.8, 4) is 0 Å². The molecule has 1 saturated carbocycles. The van der Waals surface area contributed by atoms with Gasteiger partial charge in [-0.1, -0.05) is 38.8 Å². The minimum absolute atomic E-state index is 0.716. The summed E-state index contributed by atoms with van der Waals surface area (Å²) in [5, 5.41) is 0. The molecule has 0 heteroatoms. The SMILES string of the molecule is CC1C=CCC2(CCCC2)C1C. The number of hydrogen-bond donors (Lipinski definition) is 0. The van der Waals surface area contributed by atoms with Crippen LogP contribution in [0.3, 0.4) is 0 Å². The van der Waals surface area contributed by atoms with Gasteiger partial charge in [-0.15, -0.1) is 0 Å². The van der Waals surface area contributed by atoms with Crippen LogP contribution in [0.5, 0.6) is 0 Å². The largest absolute Gasteiger partial charge is 0.0877 e. The van der Waals surface area contributed by atoms with Crippen molar-refractivity contribution >= 4 is 0 Å². The van der Waals surface area contributed by atoms with Crippen molar-refractivity contribution in [3.63, 3.8) is 0 Å². The highest BCUT2D eigenvalue weighted by Crippen LogP contribution is 2.51. The molecule has 1 fully saturated rings. The molecule has 0 aromatic rings. The molecule has 12 heavy (non-hydrogen) atoms. The zero-order chi connectivity index (χ0) is 8.60. The van der Waals surface area contributed by atoms with Gasteiger partial charge in [0, 0.05) is 0 Å². The summed E-state index contributed by atoms with van der Waals surface area (Å²) in [6, 6.07) is 0. The molecule has 0 aliphatic heterocycles. The number of hydrogen-bond acceptors (Lipinski definition) is 0. The molecule has 0 saturated heterocycles. The molecule has 0 radical (unpaired) electrons. The fourth-order valence-electron chi connectivity index (χ4n) is 3.17. The quantitative estimate of drug-likeness (QED) is 0.478. The first kappa shape index (κ1) is 8.34. The third-order valence-corrected chi connectivity index (χ3v) is 4.32. The first-order valence-electron chi connectivity index (χ1n) is 5.41. The van der Waals surface area contributed by atoms with Crippen LogP contribution in [0.4, 0.5) is 0 Å². The first-order chi connectivity index (χ1) is 5.75. The normalized spacial score (nSPS) is 39.2. The Kier molecular flexibility index (Phi) is 2.02. The summed E-state index contributed by atoms with van der Waals surface area (Å²) in [6.45, 7) is 4.83. The van der Waals surface area contributed by atoms with E-state index in [1.165, 1.54) is 32.1 Å². The second-order valence-electron chi connectivity index (χ2n) is 4.85. The van der Waals surface area contributed by atoms with Gasteiger partial charge >= 0.3 is 0 Å². The molecular weight excluding hydrogens is 144 g/mol. The highest BCUT2D eigenvalue weighted by Gasteiger charge is 2.41. The van der Waals surface area contributed by atoms with Gasteiger partial charge in [0.25, 0.3) is 0 Å². The molecule has 2 unspecified atom stereocenters. The fraction of sp³-hybridized carbons (Fsp3) is 0.833. The molecule has 2 aliphatic carbocycles. The lowest BCUT2D eigenvalue weighted by Crippen LogP contribution is -2.31. The molecule has 0 aromatic heterocycles. The summed E-state index contributed by atoms with van der Waals surface area (Å²) < 4.78 is 0. The van der Waals surface area contributed by atoms with Crippen LogP contribution in [0.2, 0.25) is 0 Å². The van der Waals surface area contributed by atoms with Gasteiger partial charge in [-0.25, -0.2) is 0 Å². The molecule has 0 nitrogen and oxygen atoms in total. The highest BCUT2D eigenvalue weighted by atomic mass is 14.5. The first-order valence-corrected chi connectivity index (χ1v) is 5.41. The van der Waals surface area contributed by atoms with Gasteiger partial charge in [-0.05, 0) is 36.5 Å². The second-order valence-corrected chi connectivity index (χ2v) is 4.85. The van der Waals surface area contributed by atoms with Gasteiger partial charge < -0.3 is 0 Å². The van der Waals surface area contributed by atoms with Crippen molar-refractivity contribution < 1.29 is 0 Å². The Balaban J connectivity index is 2.20. The molecule has 0 heterocycles. The zero-order valence-electron chi connectivity index (χ0n) is 8.34. The van der Waals surface area contributed by atoms with E-state index in [1.807, 2.05) is 0 Å². The molecule has 0 bridgehead atoms. The molecule has 2 atom stereocenters. The van der Waals surface area contributed by atoms with Crippen molar-refractivity contribution in [1.82, 2.24) is 0 Å². The molecular formula is C12H20. The summed E-state index contributed by atoms with van der Waals surface area (Å²) in [7, 11) is 0. The molecule has 0 aromatic carbocycles. The summed E-state index contributed by atoms with van der Waals surface area (Å²) in [5.41, 5.74) is 0.716. The van der Waals surface area contributed by atoms with Gasteiger partial charge in [-0.3, -0.25) is 0 Å². The summed E-state index contributed by atoms with van der Waals surface area (Å²) in [4.78, 5) is 0. The lowest BCUT2D eigenvalue weighted by atomic mass is 9.65. The maximum atomic E-state index is 2.46. The van der Waals surface area contributed by atoms with Crippen molar-refractivity contribution in [1.29, 1.82) is 0 Å². The van der Waals surface area contributed by atoms with E-state index in [4.69, 9.17) is 0 Å². The van der Waals surface area contributed by atoms with Crippen LogP contribution in [0.15, 0.2) is 12.2 Å². The fourth-order valence-corrected chi connectivity index (χ4v) is 3.17. The van der Waals surface area contributed by atoms with Gasteiger partial charge in [0.2, 0.25) is 0 Å². The molecule has 0 amide bonds. The third kappa shape index (κ3) is 1.12. The minimum atomic E-state index is 0.716. The zero-order valence-corrected chi connectivity index (χ0v) is 8.34. The van der Waals surface area contributed by atoms with Crippen LogP contribution < -0.4 is 0 Å². The Morgan fingerprint density at radius 3 is 2.50 bits per heavy atom. The highest BCUT2D eigenvalue weighted by molar-refractivity contribution is 5.05. The third-order valence-electron chi connectivity index (χ3n) is 4.32. The van der Waals surface area contributed by atoms with Crippen LogP contribution >= 0.6 is 0 Å². The Bertz CT molecular complexity index is 184. The lowest BCUT2D eigenvalue weighted by Gasteiger charge is -2.40. The lowest BCUT2D eigenvalue weighted by molar-refractivity contribution is 0.138. The molecule has 1 spiro atoms. The minimum Gasteiger partial charge on any atom is -0.0877 e. The van der Waals surface area contributed by atoms with Crippen molar-refractivity contribution in [2.24, 2.45) is 17.3 Å². The monoisotopic (exact) mass is 164 g/mol. The van der Waals surface area contributed by atoms with E-state index in [-0.39, 0.29) is 0 Å². The van der Waals surface area contributed by atoms with E-state index >= 15 is 0 Å². The maximum absolute atomic E-state index is 2.46. The Morgan fingerprint density at radius 1 is 1.17 bits per heavy atom. The summed E-state index contributed by atoms with van der Waals surface area (Å²) in [5.74, 6) is 1.74. The average molecular weight is 164 g/mol. The molecule has 2 aliphatic rings. The van der Waals surface area contributed by atoms with E-state index in [1.54, 1.807) is 0 Å². The van der Waals surface area contributed by atoms with Gasteiger partial charge in [0.05, 0.1) is 0 Å². The second kappa shape index (κ2) is 2.90. The molecule has 68 valence electrons. The maximum Gasteiger partial charge on any atom is -0.0231 e. The number of allylic oxidation sites excluding steroid dienone is 2. The Morgan fingerprint density at radius 2 is 1.83 bits per heavy atom. The van der Waals surface area contributed by atoms with E-state index < -0.39 is 0 Å². The van der Waals surface area contributed by atoms with Gasteiger partial charge in [0.15, 0.2) is 0 Å². The summed E-state index contributed by atoms with van der Waals surface area (Å²) >= 11 is 0. The van der Waals surface area contributed by atoms with E-state index in [9.17, 15) is 0 Å². The topological polar surface area (TPSA) is 0 Å². The molecule has 0 N–H and O–H groups in total. The van der Waals surface area contributed by atoms with Crippen LogP contribution in [-0.4, -0.2) is 0 Å². The van der Waals surface area contributed by atoms with Crippen molar-refractivity contribution in [3.05, 3.63) is 12.2 Å². The predicted octanol–water partition coefficient (Wildman–Crippen LogP) is 3.78. The van der Waals surface area contributed by atoms with Gasteiger partial charge in [-0.2, -0.15) is 0 Å². The van der Waals surface area contributed by atoms with Gasteiger partial charge in [0.1, 0.15) is 0 Å². The van der Waals surface area contributed by atoms with Crippen molar-refractivity contribution in [2.75, 3.05) is 0 Å². The smallest absolute Gasteiger partial charge is 0.0231 e. The predicted molar refractivity (Wildman–Crippen MR) is 53.0 cm³/mol. The Labute approximate surface area is 76.1 Å². The summed E-state index contributed by atoms with van der Waals surface area (Å²) in [6.07, 6.45) is 12.1. The van der Waals surface area contributed by atoms with Crippen LogP contribution in [-0.2, 0) is 0 Å². The Hall–Kier alpha value is -0.260. The molecule has 2 rings (SSSR count).